The van der Waals surface area contributed by atoms with Gasteiger partial charge in [-0.2, -0.15) is 0 Å². The molecule has 0 N–H and O–H groups in total. The number of halogens is 1. The van der Waals surface area contributed by atoms with Gasteiger partial charge in [0.1, 0.15) is 5.78 Å². The Morgan fingerprint density at radius 3 is 2.41 bits per heavy atom. The molecule has 0 aliphatic carbocycles. The molecule has 0 radical (unpaired) electrons. The lowest BCUT2D eigenvalue weighted by Crippen LogP contribution is -2.06. The second-order valence-corrected chi connectivity index (χ2v) is 4.24. The zero-order chi connectivity index (χ0) is 12.7. The Bertz CT molecular complexity index is 384. The highest BCUT2D eigenvalue weighted by Crippen LogP contribution is 2.10. The number of benzene rings is 1. The fourth-order valence-electron chi connectivity index (χ4n) is 1.31. The molecular weight excluding hydrogens is 240 g/mol. The van der Waals surface area contributed by atoms with Crippen LogP contribution >= 0.6 is 11.6 Å². The fraction of sp³-hybridized carbons (Fsp3) is 0.385. The van der Waals surface area contributed by atoms with E-state index in [1.807, 2.05) is 0 Å². The molecule has 1 aromatic carbocycles. The monoisotopic (exact) mass is 254 g/mol. The van der Waals surface area contributed by atoms with Crippen molar-refractivity contribution >= 4 is 23.4 Å². The minimum Gasteiger partial charge on any atom is -0.462 e. The maximum atomic E-state index is 11.5. The molecule has 0 amide bonds. The summed E-state index contributed by atoms with van der Waals surface area (Å²) in [5, 5.41) is 0.586. The molecule has 0 heterocycles. The first-order valence-corrected chi connectivity index (χ1v) is 5.89. The Labute approximate surface area is 106 Å². The van der Waals surface area contributed by atoms with Gasteiger partial charge in [-0.15, -0.1) is 0 Å². The average Bonchev–Trinajstić information content (AvgIpc) is 2.29. The van der Waals surface area contributed by atoms with E-state index >= 15 is 0 Å². The number of carbonyl (C=O) groups is 2. The molecule has 1 aromatic rings. The highest BCUT2D eigenvalue weighted by atomic mass is 35.5. The molecule has 0 atom stereocenters. The van der Waals surface area contributed by atoms with E-state index in [1.54, 1.807) is 31.2 Å². The molecule has 3 nitrogen and oxygen atoms in total. The summed E-state index contributed by atoms with van der Waals surface area (Å²) in [4.78, 5) is 22.2. The van der Waals surface area contributed by atoms with Crippen molar-refractivity contribution in [3.8, 4) is 0 Å². The highest BCUT2D eigenvalue weighted by Gasteiger charge is 2.06. The molecular formula is C13H15ClO3. The minimum atomic E-state index is -0.357. The second kappa shape index (κ2) is 7.07. The molecule has 0 fully saturated rings. The molecule has 17 heavy (non-hydrogen) atoms. The van der Waals surface area contributed by atoms with Gasteiger partial charge < -0.3 is 9.53 Å². The van der Waals surface area contributed by atoms with Crippen molar-refractivity contribution in [2.75, 3.05) is 6.61 Å². The van der Waals surface area contributed by atoms with Crippen molar-refractivity contribution in [3.63, 3.8) is 0 Å². The van der Waals surface area contributed by atoms with Gasteiger partial charge in [0.05, 0.1) is 12.2 Å². The van der Waals surface area contributed by atoms with Crippen molar-refractivity contribution in [2.45, 2.75) is 26.2 Å². The first kappa shape index (κ1) is 13.7. The van der Waals surface area contributed by atoms with Crippen LogP contribution in [0.4, 0.5) is 0 Å². The lowest BCUT2D eigenvalue weighted by molar-refractivity contribution is -0.117. The van der Waals surface area contributed by atoms with Gasteiger partial charge in [-0.3, -0.25) is 0 Å². The number of Topliss-reactive ketones (excluding diaryl/α,β-unsaturated/α-hetero) is 1. The zero-order valence-electron chi connectivity index (χ0n) is 9.74. The molecule has 0 unspecified atom stereocenters. The SMILES string of the molecule is CC(=O)CCCCOC(=O)c1ccc(Cl)cc1. The maximum absolute atomic E-state index is 11.5. The molecule has 92 valence electrons. The Kier molecular flexibility index (Phi) is 5.70. The van der Waals surface area contributed by atoms with Gasteiger partial charge in [-0.25, -0.2) is 4.79 Å². The van der Waals surface area contributed by atoms with Gasteiger partial charge >= 0.3 is 5.97 Å². The van der Waals surface area contributed by atoms with E-state index in [0.29, 0.717) is 30.0 Å². The van der Waals surface area contributed by atoms with Crippen LogP contribution in [0.2, 0.25) is 5.02 Å². The van der Waals surface area contributed by atoms with Gasteiger partial charge in [0.2, 0.25) is 0 Å². The molecule has 1 rings (SSSR count). The number of carbonyl (C=O) groups excluding carboxylic acids is 2. The smallest absolute Gasteiger partial charge is 0.338 e. The summed E-state index contributed by atoms with van der Waals surface area (Å²) in [5.41, 5.74) is 0.487. The largest absolute Gasteiger partial charge is 0.462 e. The highest BCUT2D eigenvalue weighted by molar-refractivity contribution is 6.30. The van der Waals surface area contributed by atoms with E-state index in [9.17, 15) is 9.59 Å². The van der Waals surface area contributed by atoms with E-state index in [4.69, 9.17) is 16.3 Å². The molecule has 0 aliphatic heterocycles. The normalized spacial score (nSPS) is 10.0. The second-order valence-electron chi connectivity index (χ2n) is 3.80. The lowest BCUT2D eigenvalue weighted by atomic mass is 10.2. The van der Waals surface area contributed by atoms with Crippen molar-refractivity contribution in [3.05, 3.63) is 34.9 Å². The topological polar surface area (TPSA) is 43.4 Å². The third-order valence-electron chi connectivity index (χ3n) is 2.24. The Balaban J connectivity index is 2.25. The molecule has 0 bridgehead atoms. The summed E-state index contributed by atoms with van der Waals surface area (Å²) in [5.74, 6) is -0.196. The van der Waals surface area contributed by atoms with E-state index in [0.717, 1.165) is 6.42 Å². The molecule has 0 aliphatic rings. The standard InChI is InChI=1S/C13H15ClO3/c1-10(15)4-2-3-9-17-13(16)11-5-7-12(14)8-6-11/h5-8H,2-4,9H2,1H3. The van der Waals surface area contributed by atoms with E-state index < -0.39 is 0 Å². The molecule has 0 saturated carbocycles. The van der Waals surface area contributed by atoms with Gasteiger partial charge in [0.25, 0.3) is 0 Å². The first-order chi connectivity index (χ1) is 8.09. The number of esters is 1. The molecule has 0 spiro atoms. The number of rotatable bonds is 6. The number of ketones is 1. The van der Waals surface area contributed by atoms with Crippen molar-refractivity contribution in [2.24, 2.45) is 0 Å². The van der Waals surface area contributed by atoms with E-state index in [1.165, 1.54) is 0 Å². The lowest BCUT2D eigenvalue weighted by Gasteiger charge is -2.04. The Morgan fingerprint density at radius 1 is 1.18 bits per heavy atom. The minimum absolute atomic E-state index is 0.161. The van der Waals surface area contributed by atoms with E-state index in [-0.39, 0.29) is 11.8 Å². The van der Waals surface area contributed by atoms with Gasteiger partial charge in [-0.1, -0.05) is 11.6 Å². The summed E-state index contributed by atoms with van der Waals surface area (Å²) in [6, 6.07) is 6.54. The third-order valence-corrected chi connectivity index (χ3v) is 2.49. The zero-order valence-corrected chi connectivity index (χ0v) is 10.5. The van der Waals surface area contributed by atoms with Crippen LogP contribution in [0.1, 0.15) is 36.5 Å². The number of ether oxygens (including phenoxy) is 1. The third kappa shape index (κ3) is 5.50. The number of hydrogen-bond acceptors (Lipinski definition) is 3. The van der Waals surface area contributed by atoms with Crippen LogP contribution in [-0.2, 0) is 9.53 Å². The maximum Gasteiger partial charge on any atom is 0.338 e. The van der Waals surface area contributed by atoms with Crippen LogP contribution in [0.3, 0.4) is 0 Å². The summed E-state index contributed by atoms with van der Waals surface area (Å²) >= 11 is 5.71. The van der Waals surface area contributed by atoms with Crippen molar-refractivity contribution in [1.82, 2.24) is 0 Å². The van der Waals surface area contributed by atoms with Crippen LogP contribution in [0.15, 0.2) is 24.3 Å². The molecule has 0 saturated heterocycles. The summed E-state index contributed by atoms with van der Waals surface area (Å²) in [7, 11) is 0. The van der Waals surface area contributed by atoms with Crippen molar-refractivity contribution in [1.29, 1.82) is 0 Å². The van der Waals surface area contributed by atoms with Crippen molar-refractivity contribution < 1.29 is 14.3 Å². The predicted molar refractivity (Wildman–Crippen MR) is 66.3 cm³/mol. The Morgan fingerprint density at radius 2 is 1.82 bits per heavy atom. The first-order valence-electron chi connectivity index (χ1n) is 5.51. The van der Waals surface area contributed by atoms with Crippen LogP contribution in [0.25, 0.3) is 0 Å². The van der Waals surface area contributed by atoms with Gasteiger partial charge in [0.15, 0.2) is 0 Å². The summed E-state index contributed by atoms with van der Waals surface area (Å²) < 4.78 is 5.06. The molecule has 0 aromatic heterocycles. The van der Waals surface area contributed by atoms with Crippen LogP contribution < -0.4 is 0 Å². The number of unbranched alkanes of at least 4 members (excludes halogenated alkanes) is 1. The number of hydrogen-bond donors (Lipinski definition) is 0. The van der Waals surface area contributed by atoms with Crippen LogP contribution in [-0.4, -0.2) is 18.4 Å². The van der Waals surface area contributed by atoms with E-state index in [2.05, 4.69) is 0 Å². The Hall–Kier alpha value is -1.35. The molecule has 4 heteroatoms. The fourth-order valence-corrected chi connectivity index (χ4v) is 1.44. The summed E-state index contributed by atoms with van der Waals surface area (Å²) in [6.45, 7) is 1.90. The quantitative estimate of drug-likeness (QED) is 0.578. The average molecular weight is 255 g/mol. The van der Waals surface area contributed by atoms with Crippen LogP contribution in [0, 0.1) is 0 Å². The van der Waals surface area contributed by atoms with Gasteiger partial charge in [-0.05, 0) is 44.0 Å². The van der Waals surface area contributed by atoms with Gasteiger partial charge in [0, 0.05) is 11.4 Å². The van der Waals surface area contributed by atoms with Crippen LogP contribution in [0.5, 0.6) is 0 Å². The summed E-state index contributed by atoms with van der Waals surface area (Å²) in [6.07, 6.45) is 2.00. The predicted octanol–water partition coefficient (Wildman–Crippen LogP) is 3.26.